The highest BCUT2D eigenvalue weighted by Crippen LogP contribution is 2.15. The molecule has 0 aliphatic carbocycles. The maximum absolute atomic E-state index is 13.1. The van der Waals surface area contributed by atoms with Crippen LogP contribution in [0.25, 0.3) is 0 Å². The first kappa shape index (κ1) is 16.5. The van der Waals surface area contributed by atoms with Crippen LogP contribution in [0.5, 0.6) is 0 Å². The van der Waals surface area contributed by atoms with Crippen molar-refractivity contribution in [3.05, 3.63) is 60.4 Å². The first-order chi connectivity index (χ1) is 10.4. The van der Waals surface area contributed by atoms with E-state index in [1.54, 1.807) is 0 Å². The number of nitrogens with zero attached hydrogens (tertiary/aromatic N) is 1. The highest BCUT2D eigenvalue weighted by atomic mass is 32.2. The molecule has 0 amide bonds. The Hall–Kier alpha value is -1.92. The average Bonchev–Trinajstić information content (AvgIpc) is 2.53. The SMILES string of the molecule is CC(CNS(=O)(=O)c1cccc(F)c1)N(C)c1ccccc1. The normalized spacial score (nSPS) is 12.9. The van der Waals surface area contributed by atoms with Crippen LogP contribution in [0, 0.1) is 5.82 Å². The molecule has 2 rings (SSSR count). The number of hydrogen-bond donors (Lipinski definition) is 1. The van der Waals surface area contributed by atoms with E-state index in [-0.39, 0.29) is 17.5 Å². The van der Waals surface area contributed by atoms with Gasteiger partial charge in [0.1, 0.15) is 5.82 Å². The fourth-order valence-corrected chi connectivity index (χ4v) is 3.16. The van der Waals surface area contributed by atoms with E-state index in [1.807, 2.05) is 49.2 Å². The fourth-order valence-electron chi connectivity index (χ4n) is 2.00. The van der Waals surface area contributed by atoms with E-state index in [1.165, 1.54) is 18.2 Å². The smallest absolute Gasteiger partial charge is 0.240 e. The number of anilines is 1. The monoisotopic (exact) mass is 322 g/mol. The Kier molecular flexibility index (Phi) is 5.15. The number of hydrogen-bond acceptors (Lipinski definition) is 3. The van der Waals surface area contributed by atoms with Crippen LogP contribution in [0.4, 0.5) is 10.1 Å². The predicted octanol–water partition coefficient (Wildman–Crippen LogP) is 2.63. The van der Waals surface area contributed by atoms with E-state index < -0.39 is 15.8 Å². The number of para-hydroxylation sites is 1. The molecule has 22 heavy (non-hydrogen) atoms. The molecular weight excluding hydrogens is 303 g/mol. The van der Waals surface area contributed by atoms with Gasteiger partial charge in [-0.25, -0.2) is 17.5 Å². The summed E-state index contributed by atoms with van der Waals surface area (Å²) in [4.78, 5) is 1.91. The molecule has 0 aromatic heterocycles. The summed E-state index contributed by atoms with van der Waals surface area (Å²) in [5.74, 6) is -0.572. The van der Waals surface area contributed by atoms with Crippen molar-refractivity contribution in [3.8, 4) is 0 Å². The van der Waals surface area contributed by atoms with Crippen LogP contribution in [-0.2, 0) is 10.0 Å². The van der Waals surface area contributed by atoms with E-state index in [0.717, 1.165) is 11.8 Å². The van der Waals surface area contributed by atoms with Gasteiger partial charge >= 0.3 is 0 Å². The van der Waals surface area contributed by atoms with Gasteiger partial charge in [-0.2, -0.15) is 0 Å². The maximum Gasteiger partial charge on any atom is 0.240 e. The third-order valence-electron chi connectivity index (χ3n) is 3.50. The second-order valence-electron chi connectivity index (χ2n) is 5.10. The summed E-state index contributed by atoms with van der Waals surface area (Å²) in [6.07, 6.45) is 0. The van der Waals surface area contributed by atoms with E-state index in [9.17, 15) is 12.8 Å². The standard InChI is InChI=1S/C16H19FN2O2S/c1-13(19(2)15-8-4-3-5-9-15)12-18-22(20,21)16-10-6-7-14(17)11-16/h3-11,13,18H,12H2,1-2H3. The first-order valence-corrected chi connectivity index (χ1v) is 8.41. The number of likely N-dealkylation sites (N-methyl/N-ethyl adjacent to an activating group) is 1. The van der Waals surface area contributed by atoms with Gasteiger partial charge in [-0.3, -0.25) is 0 Å². The van der Waals surface area contributed by atoms with Crippen LogP contribution in [-0.4, -0.2) is 28.1 Å². The molecule has 0 aliphatic rings. The Bertz CT molecular complexity index is 720. The van der Waals surface area contributed by atoms with Crippen molar-refractivity contribution in [1.29, 1.82) is 0 Å². The minimum Gasteiger partial charge on any atom is -0.371 e. The molecule has 2 aromatic carbocycles. The molecule has 0 radical (unpaired) electrons. The quantitative estimate of drug-likeness (QED) is 0.889. The zero-order chi connectivity index (χ0) is 16.2. The molecule has 1 unspecified atom stereocenters. The Morgan fingerprint density at radius 3 is 2.45 bits per heavy atom. The summed E-state index contributed by atoms with van der Waals surface area (Å²) >= 11 is 0. The van der Waals surface area contributed by atoms with Crippen molar-refractivity contribution in [2.75, 3.05) is 18.5 Å². The summed E-state index contributed by atoms with van der Waals surface area (Å²) < 4.78 is 40.0. The van der Waals surface area contributed by atoms with Gasteiger partial charge in [-0.05, 0) is 37.3 Å². The molecule has 0 saturated carbocycles. The van der Waals surface area contributed by atoms with Gasteiger partial charge < -0.3 is 4.90 Å². The molecule has 0 bridgehead atoms. The van der Waals surface area contributed by atoms with Crippen molar-refractivity contribution in [2.45, 2.75) is 17.9 Å². The lowest BCUT2D eigenvalue weighted by molar-refractivity contribution is 0.567. The Morgan fingerprint density at radius 1 is 1.14 bits per heavy atom. The summed E-state index contributed by atoms with van der Waals surface area (Å²) in [7, 11) is -1.81. The topological polar surface area (TPSA) is 49.4 Å². The van der Waals surface area contributed by atoms with Crippen molar-refractivity contribution >= 4 is 15.7 Å². The minimum atomic E-state index is -3.71. The zero-order valence-corrected chi connectivity index (χ0v) is 13.3. The van der Waals surface area contributed by atoms with Crippen molar-refractivity contribution in [3.63, 3.8) is 0 Å². The second kappa shape index (κ2) is 6.89. The van der Waals surface area contributed by atoms with Crippen LogP contribution < -0.4 is 9.62 Å². The number of benzene rings is 2. The molecule has 4 nitrogen and oxygen atoms in total. The molecule has 0 saturated heterocycles. The Balaban J connectivity index is 2.03. The van der Waals surface area contributed by atoms with Crippen LogP contribution in [0.1, 0.15) is 6.92 Å². The summed E-state index contributed by atoms with van der Waals surface area (Å²) in [6, 6.07) is 14.6. The van der Waals surface area contributed by atoms with Gasteiger partial charge in [0.2, 0.25) is 10.0 Å². The van der Waals surface area contributed by atoms with Crippen molar-refractivity contribution in [1.82, 2.24) is 4.72 Å². The van der Waals surface area contributed by atoms with Crippen LogP contribution in [0.2, 0.25) is 0 Å². The average molecular weight is 322 g/mol. The molecule has 1 atom stereocenters. The van der Waals surface area contributed by atoms with Crippen LogP contribution in [0.15, 0.2) is 59.5 Å². The number of rotatable bonds is 6. The maximum atomic E-state index is 13.1. The number of sulfonamides is 1. The molecule has 0 spiro atoms. The Labute approximate surface area is 130 Å². The molecule has 6 heteroatoms. The highest BCUT2D eigenvalue weighted by Gasteiger charge is 2.17. The summed E-state index contributed by atoms with van der Waals surface area (Å²) in [5.41, 5.74) is 1.000. The largest absolute Gasteiger partial charge is 0.371 e. The van der Waals surface area contributed by atoms with Crippen molar-refractivity contribution in [2.24, 2.45) is 0 Å². The van der Waals surface area contributed by atoms with Gasteiger partial charge in [0.05, 0.1) is 4.90 Å². The predicted molar refractivity (Wildman–Crippen MR) is 85.9 cm³/mol. The Morgan fingerprint density at radius 2 is 1.82 bits per heavy atom. The lowest BCUT2D eigenvalue weighted by Crippen LogP contribution is -2.40. The molecular formula is C16H19FN2O2S. The van der Waals surface area contributed by atoms with Gasteiger partial charge in [0, 0.05) is 25.3 Å². The van der Waals surface area contributed by atoms with Gasteiger partial charge in [-0.1, -0.05) is 24.3 Å². The van der Waals surface area contributed by atoms with Crippen LogP contribution in [0.3, 0.4) is 0 Å². The molecule has 118 valence electrons. The molecule has 0 heterocycles. The van der Waals surface area contributed by atoms with Gasteiger partial charge in [-0.15, -0.1) is 0 Å². The third-order valence-corrected chi connectivity index (χ3v) is 4.92. The second-order valence-corrected chi connectivity index (χ2v) is 6.87. The van der Waals surface area contributed by atoms with Crippen LogP contribution >= 0.6 is 0 Å². The first-order valence-electron chi connectivity index (χ1n) is 6.93. The van der Waals surface area contributed by atoms with E-state index in [4.69, 9.17) is 0 Å². The summed E-state index contributed by atoms with van der Waals surface area (Å²) in [5, 5.41) is 0. The molecule has 0 aliphatic heterocycles. The lowest BCUT2D eigenvalue weighted by atomic mass is 10.2. The van der Waals surface area contributed by atoms with Crippen molar-refractivity contribution < 1.29 is 12.8 Å². The third kappa shape index (κ3) is 4.05. The number of nitrogens with one attached hydrogen (secondary N) is 1. The fraction of sp³-hybridized carbons (Fsp3) is 0.250. The molecule has 0 fully saturated rings. The zero-order valence-electron chi connectivity index (χ0n) is 12.5. The van der Waals surface area contributed by atoms with E-state index in [2.05, 4.69) is 4.72 Å². The molecule has 2 aromatic rings. The lowest BCUT2D eigenvalue weighted by Gasteiger charge is -2.27. The van der Waals surface area contributed by atoms with E-state index in [0.29, 0.717) is 0 Å². The summed E-state index contributed by atoms with van der Waals surface area (Å²) in [6.45, 7) is 2.14. The van der Waals surface area contributed by atoms with E-state index >= 15 is 0 Å². The highest BCUT2D eigenvalue weighted by molar-refractivity contribution is 7.89. The minimum absolute atomic E-state index is 0.0502. The number of halogens is 1. The van der Waals surface area contributed by atoms with Gasteiger partial charge in [0.15, 0.2) is 0 Å². The van der Waals surface area contributed by atoms with Gasteiger partial charge in [0.25, 0.3) is 0 Å². The molecule has 1 N–H and O–H groups in total.